The molecule has 6 heteroatoms. The second kappa shape index (κ2) is 39.6. The van der Waals surface area contributed by atoms with Gasteiger partial charge in [0, 0.05) is 13.0 Å². The molecule has 0 saturated heterocycles. The van der Waals surface area contributed by atoms with E-state index in [0.29, 0.717) is 6.42 Å². The van der Waals surface area contributed by atoms with Crippen LogP contribution in [0.3, 0.4) is 0 Å². The number of hydrogen-bond acceptors (Lipinski definition) is 6. The van der Waals surface area contributed by atoms with Gasteiger partial charge in [-0.05, 0) is 84.2 Å². The summed E-state index contributed by atoms with van der Waals surface area (Å²) >= 11 is 0. The third-order valence-corrected chi connectivity index (χ3v) is 10.9. The van der Waals surface area contributed by atoms with Crippen LogP contribution in [0, 0.1) is 5.92 Å². The minimum atomic E-state index is -0.0340. The second-order valence-corrected chi connectivity index (χ2v) is 16.2. The Morgan fingerprint density at radius 1 is 0.481 bits per heavy atom. The summed E-state index contributed by atoms with van der Waals surface area (Å²) in [5, 5.41) is 9.58. The molecular weight excluding hydrogens is 647 g/mol. The van der Waals surface area contributed by atoms with Crippen LogP contribution >= 0.6 is 0 Å². The van der Waals surface area contributed by atoms with Crippen LogP contribution in [0.4, 0.5) is 0 Å². The van der Waals surface area contributed by atoms with Crippen molar-refractivity contribution in [2.45, 2.75) is 252 Å². The maximum absolute atomic E-state index is 13.0. The molecule has 2 unspecified atom stereocenters. The Labute approximate surface area is 324 Å². The summed E-state index contributed by atoms with van der Waals surface area (Å²) in [6, 6.07) is 0. The van der Waals surface area contributed by atoms with E-state index in [4.69, 9.17) is 9.47 Å². The van der Waals surface area contributed by atoms with Crippen LogP contribution < -0.4 is 0 Å². The molecule has 0 saturated carbocycles. The van der Waals surface area contributed by atoms with Crippen molar-refractivity contribution in [2.75, 3.05) is 26.2 Å². The van der Waals surface area contributed by atoms with Gasteiger partial charge in [-0.1, -0.05) is 163 Å². The van der Waals surface area contributed by atoms with E-state index in [-0.39, 0.29) is 36.7 Å². The van der Waals surface area contributed by atoms with Gasteiger partial charge in [0.25, 0.3) is 0 Å². The fourth-order valence-electron chi connectivity index (χ4n) is 7.27. The molecule has 2 atom stereocenters. The van der Waals surface area contributed by atoms with Gasteiger partial charge in [0.15, 0.2) is 0 Å². The number of unbranched alkanes of at least 4 members (excludes halogenated alkanes) is 22. The lowest BCUT2D eigenvalue weighted by molar-refractivity contribution is -0.154. The van der Waals surface area contributed by atoms with E-state index < -0.39 is 0 Å². The molecule has 52 heavy (non-hydrogen) atoms. The van der Waals surface area contributed by atoms with Crippen LogP contribution in [0.25, 0.3) is 0 Å². The second-order valence-electron chi connectivity index (χ2n) is 16.2. The van der Waals surface area contributed by atoms with E-state index in [1.807, 2.05) is 6.92 Å². The summed E-state index contributed by atoms with van der Waals surface area (Å²) in [5.41, 5.74) is 0. The summed E-state index contributed by atoms with van der Waals surface area (Å²) in [4.78, 5) is 27.6. The number of nitrogens with zero attached hydrogens (tertiary/aromatic N) is 1. The van der Waals surface area contributed by atoms with Crippen LogP contribution in [0.5, 0.6) is 0 Å². The van der Waals surface area contributed by atoms with Crippen LogP contribution in [0.2, 0.25) is 0 Å². The molecule has 6 nitrogen and oxygen atoms in total. The van der Waals surface area contributed by atoms with E-state index in [1.54, 1.807) is 0 Å². The van der Waals surface area contributed by atoms with Crippen molar-refractivity contribution in [3.8, 4) is 0 Å². The van der Waals surface area contributed by atoms with Gasteiger partial charge in [-0.25, -0.2) is 0 Å². The van der Waals surface area contributed by atoms with Crippen molar-refractivity contribution in [1.29, 1.82) is 0 Å². The molecule has 0 heterocycles. The third kappa shape index (κ3) is 34.6. The minimum Gasteiger partial charge on any atom is -0.463 e. The lowest BCUT2D eigenvalue weighted by Gasteiger charge is -2.21. The molecule has 0 fully saturated rings. The highest BCUT2D eigenvalue weighted by atomic mass is 16.5. The molecule has 0 aliphatic carbocycles. The SMILES string of the molecule is CCCCCCCCC(C)OC(=O)CCCCCCCN(CCO)CCCCCCC(C)C(=O)OC(CCCCCCCC)CCCCCCCC. The van der Waals surface area contributed by atoms with Crippen LogP contribution in [0.15, 0.2) is 0 Å². The molecule has 0 aliphatic rings. The van der Waals surface area contributed by atoms with Gasteiger partial charge in [-0.3, -0.25) is 9.59 Å². The van der Waals surface area contributed by atoms with Gasteiger partial charge in [0.2, 0.25) is 0 Å². The summed E-state index contributed by atoms with van der Waals surface area (Å²) in [7, 11) is 0. The highest BCUT2D eigenvalue weighted by Crippen LogP contribution is 2.20. The number of hydrogen-bond donors (Lipinski definition) is 1. The highest BCUT2D eigenvalue weighted by Gasteiger charge is 2.20. The first-order chi connectivity index (χ1) is 25.4. The van der Waals surface area contributed by atoms with E-state index >= 15 is 0 Å². The van der Waals surface area contributed by atoms with Crippen molar-refractivity contribution in [3.63, 3.8) is 0 Å². The number of ether oxygens (including phenoxy) is 2. The normalized spacial score (nSPS) is 12.8. The Bertz CT molecular complexity index is 745. The number of aliphatic hydroxyl groups excluding tert-OH is 1. The summed E-state index contributed by atoms with van der Waals surface area (Å²) in [5.74, 6) is -0.0377. The molecule has 1 N–H and O–H groups in total. The molecule has 0 aromatic heterocycles. The predicted octanol–water partition coefficient (Wildman–Crippen LogP) is 13.3. The molecular formula is C46H91NO5. The van der Waals surface area contributed by atoms with E-state index in [0.717, 1.165) is 110 Å². The monoisotopic (exact) mass is 738 g/mol. The van der Waals surface area contributed by atoms with E-state index in [9.17, 15) is 14.7 Å². The smallest absolute Gasteiger partial charge is 0.308 e. The van der Waals surface area contributed by atoms with Gasteiger partial charge in [-0.15, -0.1) is 0 Å². The van der Waals surface area contributed by atoms with Crippen molar-refractivity contribution < 1.29 is 24.2 Å². The fourth-order valence-corrected chi connectivity index (χ4v) is 7.27. The average Bonchev–Trinajstić information content (AvgIpc) is 3.13. The van der Waals surface area contributed by atoms with Crippen LogP contribution in [0.1, 0.15) is 240 Å². The maximum Gasteiger partial charge on any atom is 0.308 e. The van der Waals surface area contributed by atoms with Gasteiger partial charge in [0.05, 0.1) is 18.6 Å². The summed E-state index contributed by atoms with van der Waals surface area (Å²) < 4.78 is 11.7. The molecule has 0 spiro atoms. The maximum atomic E-state index is 13.0. The summed E-state index contributed by atoms with van der Waals surface area (Å²) in [6.07, 6.45) is 37.6. The predicted molar refractivity (Wildman–Crippen MR) is 223 cm³/mol. The first-order valence-electron chi connectivity index (χ1n) is 23.1. The Kier molecular flexibility index (Phi) is 38.7. The lowest BCUT2D eigenvalue weighted by atomic mass is 10.0. The molecule has 0 amide bonds. The Balaban J connectivity index is 4.11. The van der Waals surface area contributed by atoms with Crippen molar-refractivity contribution >= 4 is 11.9 Å². The zero-order valence-electron chi connectivity index (χ0n) is 35.7. The van der Waals surface area contributed by atoms with Gasteiger partial charge >= 0.3 is 11.9 Å². The first kappa shape index (κ1) is 50.9. The quantitative estimate of drug-likeness (QED) is 0.0497. The van der Waals surface area contributed by atoms with Crippen molar-refractivity contribution in [1.82, 2.24) is 4.90 Å². The number of carbonyl (C=O) groups is 2. The highest BCUT2D eigenvalue weighted by molar-refractivity contribution is 5.72. The Hall–Kier alpha value is -1.14. The van der Waals surface area contributed by atoms with Gasteiger partial charge < -0.3 is 19.5 Å². The molecule has 0 bridgehead atoms. The standard InChI is InChI=1S/C46H91NO5/c1-6-9-12-15-19-27-34-43(5)51-45(49)37-30-22-18-24-31-38-47(40-41-48)39-32-25-23-26-33-42(4)46(50)52-44(35-28-20-16-13-10-7-2)36-29-21-17-14-11-8-3/h42-44,48H,6-41H2,1-5H3. The average molecular weight is 738 g/mol. The Morgan fingerprint density at radius 3 is 1.37 bits per heavy atom. The van der Waals surface area contributed by atoms with E-state index in [2.05, 4.69) is 32.6 Å². The van der Waals surface area contributed by atoms with Gasteiger partial charge in [-0.2, -0.15) is 0 Å². The zero-order chi connectivity index (χ0) is 38.3. The fraction of sp³-hybridized carbons (Fsp3) is 0.957. The molecule has 310 valence electrons. The zero-order valence-corrected chi connectivity index (χ0v) is 35.7. The third-order valence-electron chi connectivity index (χ3n) is 10.9. The lowest BCUT2D eigenvalue weighted by Crippen LogP contribution is -2.29. The van der Waals surface area contributed by atoms with Gasteiger partial charge in [0.1, 0.15) is 6.10 Å². The first-order valence-corrected chi connectivity index (χ1v) is 23.1. The van der Waals surface area contributed by atoms with Crippen molar-refractivity contribution in [3.05, 3.63) is 0 Å². The molecule has 0 aromatic rings. The summed E-state index contributed by atoms with van der Waals surface area (Å²) in [6.45, 7) is 13.9. The number of carbonyl (C=O) groups excluding carboxylic acids is 2. The van der Waals surface area contributed by atoms with Crippen molar-refractivity contribution in [2.24, 2.45) is 5.92 Å². The number of esters is 2. The molecule has 0 aromatic carbocycles. The number of aliphatic hydroxyl groups is 1. The number of rotatable bonds is 41. The topological polar surface area (TPSA) is 76.1 Å². The van der Waals surface area contributed by atoms with Crippen LogP contribution in [-0.4, -0.2) is 60.4 Å². The van der Waals surface area contributed by atoms with Crippen LogP contribution in [-0.2, 0) is 19.1 Å². The Morgan fingerprint density at radius 2 is 0.885 bits per heavy atom. The minimum absolute atomic E-state index is 0.0180. The molecule has 0 aliphatic heterocycles. The van der Waals surface area contributed by atoms with E-state index in [1.165, 1.54) is 109 Å². The molecule has 0 rings (SSSR count). The largest absolute Gasteiger partial charge is 0.463 e. The molecule has 0 radical (unpaired) electrons.